The number of aliphatic carboxylic acids is 1. The zero-order valence-corrected chi connectivity index (χ0v) is 16.1. The van der Waals surface area contributed by atoms with E-state index in [1.807, 2.05) is 12.1 Å². The fraction of sp³-hybridized carbons (Fsp3) is 0.450. The summed E-state index contributed by atoms with van der Waals surface area (Å²) in [5.74, 6) is -1.95. The number of piperidine rings is 2. The van der Waals surface area contributed by atoms with Gasteiger partial charge in [-0.05, 0) is 38.3 Å². The number of carboxylic acid groups (broad SMARTS) is 1. The van der Waals surface area contributed by atoms with Gasteiger partial charge in [0.2, 0.25) is 5.91 Å². The van der Waals surface area contributed by atoms with E-state index in [1.165, 1.54) is 4.68 Å². The number of benzene rings is 1. The van der Waals surface area contributed by atoms with Crippen LogP contribution < -0.4 is 15.8 Å². The molecule has 4 rings (SSSR count). The van der Waals surface area contributed by atoms with Crippen molar-refractivity contribution in [3.8, 4) is 0 Å². The molecule has 2 amide bonds. The summed E-state index contributed by atoms with van der Waals surface area (Å²) in [6.07, 6.45) is 1.53. The van der Waals surface area contributed by atoms with Crippen molar-refractivity contribution in [2.45, 2.75) is 38.6 Å². The highest BCUT2D eigenvalue weighted by Gasteiger charge is 2.30. The monoisotopic (exact) mass is 398 g/mol. The predicted octanol–water partition coefficient (Wildman–Crippen LogP) is 0.984. The largest absolute Gasteiger partial charge is 0.481 e. The van der Waals surface area contributed by atoms with Crippen LogP contribution in [0.1, 0.15) is 37.4 Å². The fourth-order valence-electron chi connectivity index (χ4n) is 4.12. The molecular formula is C20H22N4O5. The average molecular weight is 398 g/mol. The molecule has 2 fully saturated rings. The Bertz CT molecular complexity index is 1070. The lowest BCUT2D eigenvalue weighted by Crippen LogP contribution is -2.45. The zero-order chi connectivity index (χ0) is 20.7. The van der Waals surface area contributed by atoms with E-state index < -0.39 is 17.9 Å². The van der Waals surface area contributed by atoms with Crippen molar-refractivity contribution in [2.75, 3.05) is 18.0 Å². The van der Waals surface area contributed by atoms with Crippen molar-refractivity contribution in [1.29, 1.82) is 0 Å². The molecule has 2 aromatic rings. The van der Waals surface area contributed by atoms with E-state index in [1.54, 1.807) is 13.0 Å². The molecule has 0 saturated carbocycles. The maximum Gasteiger partial charge on any atom is 0.306 e. The molecule has 1 unspecified atom stereocenters. The van der Waals surface area contributed by atoms with E-state index in [4.69, 9.17) is 0 Å². The van der Waals surface area contributed by atoms with Crippen molar-refractivity contribution >= 4 is 34.2 Å². The number of carbonyl (C=O) groups is 3. The van der Waals surface area contributed by atoms with E-state index in [2.05, 4.69) is 15.3 Å². The van der Waals surface area contributed by atoms with Gasteiger partial charge in [-0.25, -0.2) is 4.68 Å². The predicted molar refractivity (Wildman–Crippen MR) is 105 cm³/mol. The molecule has 1 aromatic heterocycles. The van der Waals surface area contributed by atoms with Gasteiger partial charge in [-0.2, -0.15) is 5.10 Å². The Balaban J connectivity index is 1.70. The summed E-state index contributed by atoms with van der Waals surface area (Å²) in [5, 5.41) is 16.9. The first-order chi connectivity index (χ1) is 13.8. The molecule has 0 aliphatic carbocycles. The molecule has 2 saturated heterocycles. The van der Waals surface area contributed by atoms with Gasteiger partial charge in [-0.1, -0.05) is 6.07 Å². The molecule has 0 bridgehead atoms. The van der Waals surface area contributed by atoms with Gasteiger partial charge in [-0.15, -0.1) is 0 Å². The number of imide groups is 1. The maximum absolute atomic E-state index is 13.1. The summed E-state index contributed by atoms with van der Waals surface area (Å²) in [7, 11) is 0. The molecule has 3 heterocycles. The second kappa shape index (κ2) is 7.31. The molecule has 2 aliphatic heterocycles. The minimum Gasteiger partial charge on any atom is -0.481 e. The summed E-state index contributed by atoms with van der Waals surface area (Å²) in [6, 6.07) is 4.73. The van der Waals surface area contributed by atoms with Crippen LogP contribution in [0.4, 0.5) is 5.69 Å². The van der Waals surface area contributed by atoms with Crippen molar-refractivity contribution in [2.24, 2.45) is 5.92 Å². The molecule has 152 valence electrons. The molecule has 9 heteroatoms. The number of aryl methyl sites for hydroxylation is 1. The zero-order valence-electron chi connectivity index (χ0n) is 16.1. The second-order valence-corrected chi connectivity index (χ2v) is 7.63. The van der Waals surface area contributed by atoms with Crippen LogP contribution in [0.5, 0.6) is 0 Å². The van der Waals surface area contributed by atoms with Gasteiger partial charge < -0.3 is 10.0 Å². The number of rotatable bonds is 3. The molecular weight excluding hydrogens is 376 g/mol. The number of carboxylic acids is 1. The number of fused-ring (bicyclic) bond motifs is 1. The lowest BCUT2D eigenvalue weighted by Gasteiger charge is -2.32. The topological polar surface area (TPSA) is 122 Å². The number of carbonyl (C=O) groups excluding carboxylic acids is 2. The van der Waals surface area contributed by atoms with Gasteiger partial charge in [0.25, 0.3) is 11.5 Å². The van der Waals surface area contributed by atoms with Crippen LogP contribution in [0.15, 0.2) is 23.0 Å². The molecule has 29 heavy (non-hydrogen) atoms. The van der Waals surface area contributed by atoms with Crippen LogP contribution in [0.2, 0.25) is 0 Å². The smallest absolute Gasteiger partial charge is 0.306 e. The Morgan fingerprint density at radius 2 is 1.86 bits per heavy atom. The minimum absolute atomic E-state index is 0.167. The Hall–Kier alpha value is -3.23. The first kappa shape index (κ1) is 19.1. The molecule has 1 aromatic carbocycles. The molecule has 9 nitrogen and oxygen atoms in total. The third-order valence-electron chi connectivity index (χ3n) is 5.80. The van der Waals surface area contributed by atoms with Crippen LogP contribution in [0, 0.1) is 12.8 Å². The van der Waals surface area contributed by atoms with E-state index in [-0.39, 0.29) is 30.2 Å². The normalized spacial score (nSPS) is 20.7. The second-order valence-electron chi connectivity index (χ2n) is 7.63. The number of aromatic nitrogens is 2. The van der Waals surface area contributed by atoms with Crippen LogP contribution >= 0.6 is 0 Å². The first-order valence-electron chi connectivity index (χ1n) is 9.70. The number of hydrogen-bond acceptors (Lipinski definition) is 6. The van der Waals surface area contributed by atoms with Crippen LogP contribution in [-0.4, -0.2) is 45.8 Å². The standard InChI is InChI=1S/C20H22N4O5/c1-11-14-3-2-13(23-8-6-12(7-9-23)20(28)29)10-15(14)19(27)24(22-11)16-4-5-17(25)21-18(16)26/h2-3,10,12,16H,4-9H2,1H3,(H,28,29)(H,21,25,26). The van der Waals surface area contributed by atoms with Crippen LogP contribution in [-0.2, 0) is 14.4 Å². The van der Waals surface area contributed by atoms with E-state index in [9.17, 15) is 24.3 Å². The summed E-state index contributed by atoms with van der Waals surface area (Å²) in [4.78, 5) is 50.0. The average Bonchev–Trinajstić information content (AvgIpc) is 2.71. The summed E-state index contributed by atoms with van der Waals surface area (Å²) < 4.78 is 1.18. The Morgan fingerprint density at radius 1 is 1.14 bits per heavy atom. The van der Waals surface area contributed by atoms with Gasteiger partial charge in [0, 0.05) is 30.6 Å². The third kappa shape index (κ3) is 3.48. The molecule has 0 radical (unpaired) electrons. The summed E-state index contributed by atoms with van der Waals surface area (Å²) in [5.41, 5.74) is 1.10. The van der Waals surface area contributed by atoms with Gasteiger partial charge in [0.05, 0.1) is 17.0 Å². The Kier molecular flexibility index (Phi) is 4.81. The Labute approximate surface area is 166 Å². The highest BCUT2D eigenvalue weighted by Crippen LogP contribution is 2.27. The van der Waals surface area contributed by atoms with Crippen molar-refractivity contribution in [1.82, 2.24) is 15.1 Å². The lowest BCUT2D eigenvalue weighted by molar-refractivity contribution is -0.142. The molecule has 2 N–H and O–H groups in total. The number of anilines is 1. The van der Waals surface area contributed by atoms with Crippen molar-refractivity contribution in [3.63, 3.8) is 0 Å². The quantitative estimate of drug-likeness (QED) is 0.739. The molecule has 1 atom stereocenters. The number of amides is 2. The van der Waals surface area contributed by atoms with Gasteiger partial charge in [0.1, 0.15) is 6.04 Å². The summed E-state index contributed by atoms with van der Waals surface area (Å²) in [6.45, 7) is 2.99. The number of hydrogen-bond donors (Lipinski definition) is 2. The van der Waals surface area contributed by atoms with Crippen molar-refractivity contribution in [3.05, 3.63) is 34.2 Å². The number of nitrogens with zero attached hydrogens (tertiary/aromatic N) is 3. The molecule has 0 spiro atoms. The maximum atomic E-state index is 13.1. The van der Waals surface area contributed by atoms with Crippen molar-refractivity contribution < 1.29 is 19.5 Å². The van der Waals surface area contributed by atoms with Crippen LogP contribution in [0.25, 0.3) is 10.8 Å². The van der Waals surface area contributed by atoms with Gasteiger partial charge in [0.15, 0.2) is 0 Å². The Morgan fingerprint density at radius 3 is 2.52 bits per heavy atom. The third-order valence-corrected chi connectivity index (χ3v) is 5.80. The number of nitrogens with one attached hydrogen (secondary N) is 1. The SMILES string of the molecule is Cc1nn(C2CCC(=O)NC2=O)c(=O)c2cc(N3CCC(C(=O)O)CC3)ccc12. The van der Waals surface area contributed by atoms with E-state index >= 15 is 0 Å². The van der Waals surface area contributed by atoms with Crippen LogP contribution in [0.3, 0.4) is 0 Å². The van der Waals surface area contributed by atoms with Gasteiger partial charge in [-0.3, -0.25) is 24.5 Å². The van der Waals surface area contributed by atoms with E-state index in [0.717, 1.165) is 5.69 Å². The highest BCUT2D eigenvalue weighted by molar-refractivity contribution is 5.99. The highest BCUT2D eigenvalue weighted by atomic mass is 16.4. The lowest BCUT2D eigenvalue weighted by atomic mass is 9.96. The molecule has 2 aliphatic rings. The first-order valence-corrected chi connectivity index (χ1v) is 9.70. The summed E-state index contributed by atoms with van der Waals surface area (Å²) >= 11 is 0. The minimum atomic E-state index is -0.807. The van der Waals surface area contributed by atoms with Gasteiger partial charge >= 0.3 is 5.97 Å². The van der Waals surface area contributed by atoms with E-state index in [0.29, 0.717) is 42.4 Å². The fourth-order valence-corrected chi connectivity index (χ4v) is 4.12.